The van der Waals surface area contributed by atoms with Gasteiger partial charge in [0.2, 0.25) is 0 Å². The SMILES string of the molecule is [Ba+2].[Cl-].[Cl-].[Cl-].[Cl-].[Na+].[Na+]. The van der Waals surface area contributed by atoms with E-state index < -0.39 is 0 Å². The molecule has 0 unspecified atom stereocenters. The molecule has 0 radical (unpaired) electrons. The molecule has 0 N–H and O–H groups in total. The van der Waals surface area contributed by atoms with Gasteiger partial charge < -0.3 is 49.6 Å². The maximum Gasteiger partial charge on any atom is 2.00 e. The monoisotopic (exact) mass is 324 g/mol. The molecule has 0 rings (SSSR count). The van der Waals surface area contributed by atoms with Gasteiger partial charge in [0.15, 0.2) is 0 Å². The van der Waals surface area contributed by atoms with Gasteiger partial charge in [-0.1, -0.05) is 0 Å². The number of hydrogen-bond acceptors (Lipinski definition) is 0. The van der Waals surface area contributed by atoms with Crippen molar-refractivity contribution in [2.24, 2.45) is 0 Å². The van der Waals surface area contributed by atoms with Crippen molar-refractivity contribution in [3.05, 3.63) is 0 Å². The van der Waals surface area contributed by atoms with E-state index in [1.54, 1.807) is 0 Å². The maximum absolute atomic E-state index is 0. The summed E-state index contributed by atoms with van der Waals surface area (Å²) >= 11 is 0. The average molecular weight is 325 g/mol. The minimum Gasteiger partial charge on any atom is -1.00 e. The van der Waals surface area contributed by atoms with E-state index >= 15 is 0 Å². The van der Waals surface area contributed by atoms with Crippen LogP contribution in [0.15, 0.2) is 0 Å². The topological polar surface area (TPSA) is 0 Å². The molecular weight excluding hydrogens is 325 g/mol. The van der Waals surface area contributed by atoms with Crippen LogP contribution in [0.3, 0.4) is 0 Å². The molecule has 0 saturated heterocycles. The summed E-state index contributed by atoms with van der Waals surface area (Å²) in [6.07, 6.45) is 0. The van der Waals surface area contributed by atoms with Crippen molar-refractivity contribution < 1.29 is 109 Å². The van der Waals surface area contributed by atoms with Crippen LogP contribution in [-0.4, -0.2) is 48.9 Å². The van der Waals surface area contributed by atoms with Crippen LogP contribution in [0.25, 0.3) is 0 Å². The Morgan fingerprint density at radius 2 is 0.429 bits per heavy atom. The molecule has 7 heteroatoms. The van der Waals surface area contributed by atoms with Crippen LogP contribution in [-0.2, 0) is 0 Å². The van der Waals surface area contributed by atoms with E-state index in [0.717, 1.165) is 0 Å². The Balaban J connectivity index is 0. The number of hydrogen-bond donors (Lipinski definition) is 0. The van der Waals surface area contributed by atoms with Crippen LogP contribution >= 0.6 is 0 Å². The van der Waals surface area contributed by atoms with Crippen molar-refractivity contribution in [3.8, 4) is 0 Å². The average Bonchev–Trinajstić information content (AvgIpc) is 0. The van der Waals surface area contributed by atoms with Gasteiger partial charge in [0.05, 0.1) is 0 Å². The molecule has 0 nitrogen and oxygen atoms in total. The van der Waals surface area contributed by atoms with E-state index in [1.165, 1.54) is 0 Å². The fraction of sp³-hybridized carbons (Fsp3) is 0. The van der Waals surface area contributed by atoms with Crippen LogP contribution in [0.4, 0.5) is 0 Å². The first-order chi connectivity index (χ1) is 0. The van der Waals surface area contributed by atoms with Crippen molar-refractivity contribution in [2.75, 3.05) is 0 Å². The normalized spacial score (nSPS) is 0. The summed E-state index contributed by atoms with van der Waals surface area (Å²) in [4.78, 5) is 0. The van der Waals surface area contributed by atoms with E-state index in [-0.39, 0.29) is 158 Å². The Kier molecular flexibility index (Phi) is 391. The number of rotatable bonds is 0. The molecule has 32 valence electrons. The summed E-state index contributed by atoms with van der Waals surface area (Å²) in [6.45, 7) is 0. The van der Waals surface area contributed by atoms with Gasteiger partial charge in [-0.15, -0.1) is 0 Å². The predicted molar refractivity (Wildman–Crippen MR) is 5.75 cm³/mol. The molecule has 0 aromatic rings. The molecule has 0 aliphatic heterocycles. The third-order valence-corrected chi connectivity index (χ3v) is 0. The predicted octanol–water partition coefficient (Wildman–Crippen LogP) is -18.4. The van der Waals surface area contributed by atoms with Gasteiger partial charge in [-0.3, -0.25) is 0 Å². The van der Waals surface area contributed by atoms with Crippen LogP contribution in [0.5, 0.6) is 0 Å². The molecule has 0 fully saturated rings. The number of halogens is 4. The van der Waals surface area contributed by atoms with E-state index in [1.807, 2.05) is 0 Å². The zero-order valence-electron chi connectivity index (χ0n) is 4.22. The second kappa shape index (κ2) is 45.4. The van der Waals surface area contributed by atoms with Gasteiger partial charge in [0.25, 0.3) is 0 Å². The van der Waals surface area contributed by atoms with E-state index in [0.29, 0.717) is 0 Å². The zero-order valence-corrected chi connectivity index (χ0v) is 15.7. The van der Waals surface area contributed by atoms with Crippen molar-refractivity contribution in [1.82, 2.24) is 0 Å². The van der Waals surface area contributed by atoms with Crippen LogP contribution in [0.1, 0.15) is 0 Å². The van der Waals surface area contributed by atoms with Gasteiger partial charge >= 0.3 is 108 Å². The molecule has 0 aromatic heterocycles. The van der Waals surface area contributed by atoms with E-state index in [4.69, 9.17) is 0 Å². The molecule has 0 aromatic carbocycles. The van der Waals surface area contributed by atoms with Gasteiger partial charge in [-0.05, 0) is 0 Å². The second-order valence-electron chi connectivity index (χ2n) is 0. The molecule has 0 spiro atoms. The van der Waals surface area contributed by atoms with Gasteiger partial charge in [-0.25, -0.2) is 0 Å². The second-order valence-corrected chi connectivity index (χ2v) is 0. The molecule has 0 bridgehead atoms. The molecule has 0 atom stereocenters. The van der Waals surface area contributed by atoms with Gasteiger partial charge in [0, 0.05) is 0 Å². The standard InChI is InChI=1S/Ba.4ClH.2Na/h;4*1H;;/q+2;;;;;2*+1/p-4. The van der Waals surface area contributed by atoms with Crippen molar-refractivity contribution in [3.63, 3.8) is 0 Å². The van der Waals surface area contributed by atoms with Crippen molar-refractivity contribution >= 4 is 48.9 Å². The van der Waals surface area contributed by atoms with E-state index in [9.17, 15) is 0 Å². The van der Waals surface area contributed by atoms with Crippen LogP contribution in [0.2, 0.25) is 0 Å². The Labute approximate surface area is 153 Å². The summed E-state index contributed by atoms with van der Waals surface area (Å²) < 4.78 is 0. The molecule has 0 aliphatic rings. The quantitative estimate of drug-likeness (QED) is 0.388. The minimum absolute atomic E-state index is 0. The largest absolute Gasteiger partial charge is 2.00 e. The fourth-order valence-corrected chi connectivity index (χ4v) is 0. The molecule has 7 heavy (non-hydrogen) atoms. The summed E-state index contributed by atoms with van der Waals surface area (Å²) in [5.74, 6) is 0. The Morgan fingerprint density at radius 3 is 0.429 bits per heavy atom. The van der Waals surface area contributed by atoms with E-state index in [2.05, 4.69) is 0 Å². The van der Waals surface area contributed by atoms with Crippen LogP contribution < -0.4 is 109 Å². The minimum atomic E-state index is 0. The summed E-state index contributed by atoms with van der Waals surface area (Å²) in [5, 5.41) is 0. The first-order valence-electron chi connectivity index (χ1n) is 0. The fourth-order valence-electron chi connectivity index (χ4n) is 0. The third-order valence-electron chi connectivity index (χ3n) is 0. The van der Waals surface area contributed by atoms with Gasteiger partial charge in [-0.2, -0.15) is 0 Å². The van der Waals surface area contributed by atoms with Crippen molar-refractivity contribution in [2.45, 2.75) is 0 Å². The first kappa shape index (κ1) is 60.4. The molecule has 0 saturated carbocycles. The van der Waals surface area contributed by atoms with Crippen molar-refractivity contribution in [1.29, 1.82) is 0 Å². The summed E-state index contributed by atoms with van der Waals surface area (Å²) in [6, 6.07) is 0. The summed E-state index contributed by atoms with van der Waals surface area (Å²) in [5.41, 5.74) is 0. The molecule has 0 amide bonds. The summed E-state index contributed by atoms with van der Waals surface area (Å²) in [7, 11) is 0. The smallest absolute Gasteiger partial charge is 1.00 e. The molecule has 0 heterocycles. The third kappa shape index (κ3) is 36.5. The molecular formula is BaCl4Na2. The Morgan fingerprint density at radius 1 is 0.429 bits per heavy atom. The first-order valence-corrected chi connectivity index (χ1v) is 0. The maximum atomic E-state index is 0. The van der Waals surface area contributed by atoms with Crippen LogP contribution in [0, 0.1) is 0 Å². The zero-order chi connectivity index (χ0) is 0. The Hall–Kier alpha value is 4.73. The van der Waals surface area contributed by atoms with Gasteiger partial charge in [0.1, 0.15) is 0 Å². The Bertz CT molecular complexity index is 9.65. The molecule has 0 aliphatic carbocycles.